The van der Waals surface area contributed by atoms with Crippen molar-refractivity contribution in [2.24, 2.45) is 5.92 Å². The Balaban J connectivity index is 1.62. The fourth-order valence-electron chi connectivity index (χ4n) is 3.34. The van der Waals surface area contributed by atoms with Crippen LogP contribution in [0.25, 0.3) is 11.3 Å². The number of aromatic carboxylic acids is 1. The molecule has 0 amide bonds. The first-order valence-corrected chi connectivity index (χ1v) is 8.86. The standard InChI is InChI=1S/C19H24N4O3/c1-26-6-5-23-4-2-3-14(13-23)7-17-11-22-18(12-21-17)15-8-16(19(24)25)10-20-9-15/h8-12,14H,2-7,13H2,1H3,(H,24,25)/t14-/m0/s1. The Morgan fingerprint density at radius 2 is 2.19 bits per heavy atom. The van der Waals surface area contributed by atoms with Crippen molar-refractivity contribution in [1.82, 2.24) is 19.9 Å². The van der Waals surface area contributed by atoms with Gasteiger partial charge in [0.1, 0.15) is 0 Å². The van der Waals surface area contributed by atoms with Crippen LogP contribution in [-0.4, -0.2) is 64.3 Å². The molecular weight excluding hydrogens is 332 g/mol. The molecule has 0 spiro atoms. The number of nitrogens with zero attached hydrogens (tertiary/aromatic N) is 4. The van der Waals surface area contributed by atoms with Gasteiger partial charge in [0, 0.05) is 44.4 Å². The number of hydrogen-bond donors (Lipinski definition) is 1. The third kappa shape index (κ3) is 4.83. The van der Waals surface area contributed by atoms with Crippen molar-refractivity contribution in [1.29, 1.82) is 0 Å². The molecule has 3 rings (SSSR count). The summed E-state index contributed by atoms with van der Waals surface area (Å²) in [6, 6.07) is 1.56. The minimum Gasteiger partial charge on any atom is -0.478 e. The highest BCUT2D eigenvalue weighted by Crippen LogP contribution is 2.21. The maximum atomic E-state index is 11.1. The minimum absolute atomic E-state index is 0.145. The van der Waals surface area contributed by atoms with E-state index < -0.39 is 5.97 Å². The van der Waals surface area contributed by atoms with Gasteiger partial charge in [-0.2, -0.15) is 0 Å². The number of aromatic nitrogens is 3. The van der Waals surface area contributed by atoms with E-state index in [0.29, 0.717) is 17.2 Å². The summed E-state index contributed by atoms with van der Waals surface area (Å²) < 4.78 is 5.17. The van der Waals surface area contributed by atoms with Gasteiger partial charge in [0.05, 0.1) is 29.8 Å². The quantitative estimate of drug-likeness (QED) is 0.813. The molecule has 1 saturated heterocycles. The van der Waals surface area contributed by atoms with E-state index in [2.05, 4.69) is 19.9 Å². The molecule has 1 aliphatic rings. The van der Waals surface area contributed by atoms with E-state index in [1.165, 1.54) is 19.0 Å². The summed E-state index contributed by atoms with van der Waals surface area (Å²) in [5.74, 6) is -0.419. The van der Waals surface area contributed by atoms with Gasteiger partial charge in [-0.15, -0.1) is 0 Å². The zero-order valence-corrected chi connectivity index (χ0v) is 15.0. The average Bonchev–Trinajstić information content (AvgIpc) is 2.67. The van der Waals surface area contributed by atoms with Crippen molar-refractivity contribution < 1.29 is 14.6 Å². The van der Waals surface area contributed by atoms with Gasteiger partial charge in [-0.25, -0.2) is 4.79 Å². The average molecular weight is 356 g/mol. The molecule has 1 atom stereocenters. The van der Waals surface area contributed by atoms with Crippen LogP contribution in [0, 0.1) is 5.92 Å². The highest BCUT2D eigenvalue weighted by atomic mass is 16.5. The van der Waals surface area contributed by atoms with E-state index >= 15 is 0 Å². The molecule has 0 unspecified atom stereocenters. The third-order valence-electron chi connectivity index (χ3n) is 4.70. The highest BCUT2D eigenvalue weighted by molar-refractivity contribution is 5.88. The van der Waals surface area contributed by atoms with Crippen LogP contribution in [0.15, 0.2) is 30.9 Å². The van der Waals surface area contributed by atoms with E-state index in [1.54, 1.807) is 31.8 Å². The molecule has 0 saturated carbocycles. The number of carbonyl (C=O) groups is 1. The zero-order chi connectivity index (χ0) is 18.4. The summed E-state index contributed by atoms with van der Waals surface area (Å²) in [6.07, 6.45) is 9.73. The molecule has 1 N–H and O–H groups in total. The largest absolute Gasteiger partial charge is 0.478 e. The Labute approximate surface area is 153 Å². The molecule has 138 valence electrons. The monoisotopic (exact) mass is 356 g/mol. The van der Waals surface area contributed by atoms with Crippen LogP contribution >= 0.6 is 0 Å². The lowest BCUT2D eigenvalue weighted by Crippen LogP contribution is -2.38. The smallest absolute Gasteiger partial charge is 0.337 e. The van der Waals surface area contributed by atoms with Crippen molar-refractivity contribution in [3.8, 4) is 11.3 Å². The fourth-order valence-corrected chi connectivity index (χ4v) is 3.34. The third-order valence-corrected chi connectivity index (χ3v) is 4.70. The first-order valence-electron chi connectivity index (χ1n) is 8.86. The number of carboxylic acids is 1. The second-order valence-electron chi connectivity index (χ2n) is 6.67. The number of rotatable bonds is 7. The molecule has 7 heteroatoms. The molecule has 1 aliphatic heterocycles. The Kier molecular flexibility index (Phi) is 6.25. The number of carboxylic acid groups (broad SMARTS) is 1. The van der Waals surface area contributed by atoms with Gasteiger partial charge in [-0.3, -0.25) is 15.0 Å². The first kappa shape index (κ1) is 18.4. The summed E-state index contributed by atoms with van der Waals surface area (Å²) >= 11 is 0. The van der Waals surface area contributed by atoms with Crippen molar-refractivity contribution in [3.05, 3.63) is 42.1 Å². The number of ether oxygens (including phenoxy) is 1. The maximum absolute atomic E-state index is 11.1. The van der Waals surface area contributed by atoms with Crippen LogP contribution in [0.5, 0.6) is 0 Å². The zero-order valence-electron chi connectivity index (χ0n) is 15.0. The van der Waals surface area contributed by atoms with E-state index in [9.17, 15) is 4.79 Å². The molecular formula is C19H24N4O3. The van der Waals surface area contributed by atoms with Gasteiger partial charge < -0.3 is 14.7 Å². The number of likely N-dealkylation sites (tertiary alicyclic amines) is 1. The number of methoxy groups -OCH3 is 1. The maximum Gasteiger partial charge on any atom is 0.337 e. The molecule has 2 aromatic rings. The molecule has 1 fully saturated rings. The number of pyridine rings is 1. The van der Waals surface area contributed by atoms with Crippen LogP contribution in [0.2, 0.25) is 0 Å². The molecule has 3 heterocycles. The van der Waals surface area contributed by atoms with E-state index in [4.69, 9.17) is 9.84 Å². The molecule has 7 nitrogen and oxygen atoms in total. The molecule has 0 bridgehead atoms. The van der Waals surface area contributed by atoms with E-state index in [0.717, 1.165) is 38.4 Å². The van der Waals surface area contributed by atoms with Gasteiger partial charge in [-0.1, -0.05) is 0 Å². The van der Waals surface area contributed by atoms with Crippen LogP contribution in [-0.2, 0) is 11.2 Å². The first-order chi connectivity index (χ1) is 12.7. The summed E-state index contributed by atoms with van der Waals surface area (Å²) in [7, 11) is 1.74. The Hall–Kier alpha value is -2.38. The summed E-state index contributed by atoms with van der Waals surface area (Å²) in [5.41, 5.74) is 2.41. The van der Waals surface area contributed by atoms with Crippen molar-refractivity contribution in [2.45, 2.75) is 19.3 Å². The lowest BCUT2D eigenvalue weighted by molar-refractivity contribution is 0.0696. The van der Waals surface area contributed by atoms with Gasteiger partial charge in [0.15, 0.2) is 0 Å². The SMILES string of the molecule is COCCN1CCC[C@@H](Cc2cnc(-c3cncc(C(=O)O)c3)cn2)C1. The molecule has 0 radical (unpaired) electrons. The normalized spacial score (nSPS) is 18.0. The van der Waals surface area contributed by atoms with E-state index in [1.807, 2.05) is 0 Å². The highest BCUT2D eigenvalue weighted by Gasteiger charge is 2.20. The van der Waals surface area contributed by atoms with E-state index in [-0.39, 0.29) is 5.56 Å². The lowest BCUT2D eigenvalue weighted by Gasteiger charge is -2.32. The van der Waals surface area contributed by atoms with Gasteiger partial charge in [-0.05, 0) is 37.8 Å². The lowest BCUT2D eigenvalue weighted by atomic mass is 9.93. The van der Waals surface area contributed by atoms with Gasteiger partial charge >= 0.3 is 5.97 Å². The second-order valence-corrected chi connectivity index (χ2v) is 6.67. The van der Waals surface area contributed by atoms with Crippen LogP contribution in [0.1, 0.15) is 28.9 Å². The van der Waals surface area contributed by atoms with Crippen LogP contribution < -0.4 is 0 Å². The van der Waals surface area contributed by atoms with Crippen molar-refractivity contribution in [3.63, 3.8) is 0 Å². The second kappa shape index (κ2) is 8.82. The fraction of sp³-hybridized carbons (Fsp3) is 0.474. The summed E-state index contributed by atoms with van der Waals surface area (Å²) in [4.78, 5) is 26.5. The molecule has 0 aliphatic carbocycles. The Morgan fingerprint density at radius 3 is 2.92 bits per heavy atom. The number of hydrogen-bond acceptors (Lipinski definition) is 6. The van der Waals surface area contributed by atoms with Crippen molar-refractivity contribution in [2.75, 3.05) is 33.4 Å². The Morgan fingerprint density at radius 1 is 1.31 bits per heavy atom. The molecule has 0 aromatic carbocycles. The van der Waals surface area contributed by atoms with Crippen molar-refractivity contribution >= 4 is 5.97 Å². The minimum atomic E-state index is -1.00. The van der Waals surface area contributed by atoms with Crippen LogP contribution in [0.3, 0.4) is 0 Å². The molecule has 2 aromatic heterocycles. The number of piperidine rings is 1. The predicted octanol–water partition coefficient (Wildman–Crippen LogP) is 2.14. The van der Waals surface area contributed by atoms with Crippen LogP contribution in [0.4, 0.5) is 0 Å². The van der Waals surface area contributed by atoms with Gasteiger partial charge in [0.25, 0.3) is 0 Å². The summed E-state index contributed by atoms with van der Waals surface area (Å²) in [6.45, 7) is 3.95. The summed E-state index contributed by atoms with van der Waals surface area (Å²) in [5, 5.41) is 9.07. The predicted molar refractivity (Wildman–Crippen MR) is 97.0 cm³/mol. The molecule has 26 heavy (non-hydrogen) atoms. The Bertz CT molecular complexity index is 736. The topological polar surface area (TPSA) is 88.4 Å². The van der Waals surface area contributed by atoms with Gasteiger partial charge in [0.2, 0.25) is 0 Å².